The number of hydrogen-bond donors (Lipinski definition) is 1. The number of anilines is 1. The van der Waals surface area contributed by atoms with Crippen molar-refractivity contribution in [1.29, 1.82) is 0 Å². The zero-order chi connectivity index (χ0) is 19.3. The van der Waals surface area contributed by atoms with Gasteiger partial charge in [0.1, 0.15) is 11.4 Å². The lowest BCUT2D eigenvalue weighted by Gasteiger charge is -2.23. The second kappa shape index (κ2) is 6.24. The summed E-state index contributed by atoms with van der Waals surface area (Å²) in [5.74, 6) is -2.28. The number of amides is 2. The van der Waals surface area contributed by atoms with E-state index in [1.54, 1.807) is 36.7 Å². The van der Waals surface area contributed by atoms with Gasteiger partial charge in [-0.05, 0) is 23.8 Å². The summed E-state index contributed by atoms with van der Waals surface area (Å²) < 4.78 is 20.3. The first-order valence-corrected chi connectivity index (χ1v) is 9.19. The van der Waals surface area contributed by atoms with Gasteiger partial charge in [-0.2, -0.15) is 0 Å². The highest BCUT2D eigenvalue weighted by Gasteiger charge is 2.67. The van der Waals surface area contributed by atoms with E-state index in [1.165, 1.54) is 11.0 Å². The van der Waals surface area contributed by atoms with Gasteiger partial charge in [0, 0.05) is 18.9 Å². The van der Waals surface area contributed by atoms with Crippen molar-refractivity contribution in [2.75, 3.05) is 11.4 Å². The molecule has 0 saturated carbocycles. The molecule has 5 rings (SSSR count). The molecule has 6 nitrogen and oxygen atoms in total. The molecule has 2 bridgehead atoms. The Morgan fingerprint density at radius 3 is 2.96 bits per heavy atom. The number of nitrogens with one attached hydrogen (secondary N) is 1. The lowest BCUT2D eigenvalue weighted by atomic mass is 9.77. The highest BCUT2D eigenvalue weighted by molar-refractivity contribution is 6.03. The van der Waals surface area contributed by atoms with Crippen molar-refractivity contribution in [3.05, 3.63) is 72.3 Å². The molecule has 1 aromatic heterocycles. The fraction of sp³-hybridized carbons (Fsp3) is 0.286. The number of benzene rings is 1. The summed E-state index contributed by atoms with van der Waals surface area (Å²) in [5.41, 5.74) is 0.211. The van der Waals surface area contributed by atoms with Crippen LogP contribution in [0.5, 0.6) is 0 Å². The van der Waals surface area contributed by atoms with E-state index in [2.05, 4.69) is 10.3 Å². The van der Waals surface area contributed by atoms with E-state index in [1.807, 2.05) is 18.2 Å². The van der Waals surface area contributed by atoms with Gasteiger partial charge in [0.05, 0.1) is 30.2 Å². The van der Waals surface area contributed by atoms with Crippen LogP contribution in [-0.2, 0) is 20.9 Å². The molecule has 7 heteroatoms. The van der Waals surface area contributed by atoms with E-state index >= 15 is 0 Å². The van der Waals surface area contributed by atoms with E-state index in [9.17, 15) is 14.0 Å². The van der Waals surface area contributed by atoms with Crippen LogP contribution >= 0.6 is 0 Å². The summed E-state index contributed by atoms with van der Waals surface area (Å²) >= 11 is 0. The lowest BCUT2D eigenvalue weighted by molar-refractivity contribution is -0.132. The van der Waals surface area contributed by atoms with Crippen LogP contribution in [0.3, 0.4) is 0 Å². The number of aromatic nitrogens is 1. The molecule has 2 saturated heterocycles. The molecule has 1 N–H and O–H groups in total. The predicted octanol–water partition coefficient (Wildman–Crippen LogP) is 1.82. The van der Waals surface area contributed by atoms with Gasteiger partial charge in [-0.15, -0.1) is 0 Å². The van der Waals surface area contributed by atoms with Gasteiger partial charge in [0.2, 0.25) is 11.8 Å². The number of fused-ring (bicyclic) bond motifs is 1. The molecule has 2 fully saturated rings. The second-order valence-electron chi connectivity index (χ2n) is 7.35. The molecule has 1 spiro atoms. The van der Waals surface area contributed by atoms with Gasteiger partial charge < -0.3 is 15.0 Å². The molecule has 3 aliphatic rings. The first-order valence-electron chi connectivity index (χ1n) is 9.19. The van der Waals surface area contributed by atoms with Gasteiger partial charge in [-0.25, -0.2) is 4.39 Å². The minimum absolute atomic E-state index is 0.205. The third-order valence-corrected chi connectivity index (χ3v) is 5.74. The number of rotatable bonds is 4. The number of halogens is 1. The third-order valence-electron chi connectivity index (χ3n) is 5.74. The van der Waals surface area contributed by atoms with E-state index in [0.29, 0.717) is 6.54 Å². The standard InChI is InChI=1S/C21H18FN3O3/c22-14-5-1-2-6-15(14)25-12-21-8-7-16(28-21)17(18(21)20(25)27)19(26)24-11-13-4-3-9-23-10-13/h1-10,16-18H,11-12H2,(H,24,26)/t16-,17+,18-,21-/m1/s1. The van der Waals surface area contributed by atoms with Crippen molar-refractivity contribution in [2.45, 2.75) is 18.2 Å². The van der Waals surface area contributed by atoms with Gasteiger partial charge >= 0.3 is 0 Å². The topological polar surface area (TPSA) is 71.5 Å². The van der Waals surface area contributed by atoms with Crippen LogP contribution in [0, 0.1) is 17.7 Å². The highest BCUT2D eigenvalue weighted by Crippen LogP contribution is 2.52. The molecule has 2 amide bonds. The minimum atomic E-state index is -0.875. The largest absolute Gasteiger partial charge is 0.360 e. The van der Waals surface area contributed by atoms with Crippen molar-refractivity contribution in [1.82, 2.24) is 10.3 Å². The van der Waals surface area contributed by atoms with Crippen molar-refractivity contribution in [2.24, 2.45) is 11.8 Å². The van der Waals surface area contributed by atoms with E-state index in [4.69, 9.17) is 4.74 Å². The molecular weight excluding hydrogens is 361 g/mol. The van der Waals surface area contributed by atoms with Gasteiger partial charge in [-0.1, -0.05) is 30.4 Å². The fourth-order valence-corrected chi connectivity index (χ4v) is 4.48. The summed E-state index contributed by atoms with van der Waals surface area (Å²) in [7, 11) is 0. The van der Waals surface area contributed by atoms with Crippen LogP contribution < -0.4 is 10.2 Å². The number of nitrogens with zero attached hydrogens (tertiary/aromatic N) is 2. The smallest absolute Gasteiger partial charge is 0.234 e. The summed E-state index contributed by atoms with van der Waals surface area (Å²) in [6.45, 7) is 0.529. The SMILES string of the molecule is O=C(NCc1cccnc1)[C@H]1[C@H]2C=C[C@]3(CN(c4ccccc4F)C(=O)[C@@H]13)O2. The molecule has 4 atom stereocenters. The van der Waals surface area contributed by atoms with Crippen LogP contribution in [-0.4, -0.2) is 35.0 Å². The Balaban J connectivity index is 1.40. The highest BCUT2D eigenvalue weighted by atomic mass is 19.1. The van der Waals surface area contributed by atoms with Crippen LogP contribution in [0.15, 0.2) is 60.9 Å². The molecule has 142 valence electrons. The number of para-hydroxylation sites is 1. The van der Waals surface area contributed by atoms with E-state index in [0.717, 1.165) is 5.56 Å². The zero-order valence-electron chi connectivity index (χ0n) is 14.9. The Bertz CT molecular complexity index is 980. The number of pyridine rings is 1. The van der Waals surface area contributed by atoms with Crippen molar-refractivity contribution >= 4 is 17.5 Å². The average Bonchev–Trinajstić information content (AvgIpc) is 3.36. The maximum absolute atomic E-state index is 14.3. The molecule has 0 aliphatic carbocycles. The first-order chi connectivity index (χ1) is 13.6. The zero-order valence-corrected chi connectivity index (χ0v) is 14.9. The Morgan fingerprint density at radius 1 is 1.32 bits per heavy atom. The molecule has 0 radical (unpaired) electrons. The van der Waals surface area contributed by atoms with E-state index in [-0.39, 0.29) is 24.0 Å². The molecule has 28 heavy (non-hydrogen) atoms. The van der Waals surface area contributed by atoms with Crippen LogP contribution in [0.1, 0.15) is 5.56 Å². The molecular formula is C21H18FN3O3. The Hall–Kier alpha value is -3.06. The Kier molecular flexibility index (Phi) is 3.80. The number of hydrogen-bond acceptors (Lipinski definition) is 4. The predicted molar refractivity (Wildman–Crippen MR) is 98.6 cm³/mol. The van der Waals surface area contributed by atoms with Crippen LogP contribution in [0.4, 0.5) is 10.1 Å². The summed E-state index contributed by atoms with van der Waals surface area (Å²) in [6.07, 6.45) is 6.60. The monoisotopic (exact) mass is 379 g/mol. The fourth-order valence-electron chi connectivity index (χ4n) is 4.48. The molecule has 3 aliphatic heterocycles. The molecule has 4 heterocycles. The second-order valence-corrected chi connectivity index (χ2v) is 7.35. The van der Waals surface area contributed by atoms with Gasteiger partial charge in [0.25, 0.3) is 0 Å². The molecule has 1 aromatic carbocycles. The van der Waals surface area contributed by atoms with Crippen LogP contribution in [0.2, 0.25) is 0 Å². The Labute approximate surface area is 161 Å². The Morgan fingerprint density at radius 2 is 2.18 bits per heavy atom. The maximum atomic E-state index is 14.3. The quantitative estimate of drug-likeness (QED) is 0.823. The summed E-state index contributed by atoms with van der Waals surface area (Å²) in [6, 6.07) is 9.82. The molecule has 0 unspecified atom stereocenters. The molecule has 2 aromatic rings. The van der Waals surface area contributed by atoms with Gasteiger partial charge in [-0.3, -0.25) is 14.6 Å². The minimum Gasteiger partial charge on any atom is -0.360 e. The summed E-state index contributed by atoms with van der Waals surface area (Å²) in [4.78, 5) is 31.5. The van der Waals surface area contributed by atoms with E-state index < -0.39 is 29.4 Å². The third kappa shape index (κ3) is 2.46. The summed E-state index contributed by atoms with van der Waals surface area (Å²) in [5, 5.41) is 2.88. The average molecular weight is 379 g/mol. The van der Waals surface area contributed by atoms with Gasteiger partial charge in [0.15, 0.2) is 0 Å². The lowest BCUT2D eigenvalue weighted by Crippen LogP contribution is -2.44. The van der Waals surface area contributed by atoms with Crippen molar-refractivity contribution < 1.29 is 18.7 Å². The maximum Gasteiger partial charge on any atom is 0.234 e. The normalized spacial score (nSPS) is 30.0. The van der Waals surface area contributed by atoms with Crippen LogP contribution in [0.25, 0.3) is 0 Å². The van der Waals surface area contributed by atoms with Crippen molar-refractivity contribution in [3.63, 3.8) is 0 Å². The number of carbonyl (C=O) groups is 2. The van der Waals surface area contributed by atoms with Crippen molar-refractivity contribution in [3.8, 4) is 0 Å². The first kappa shape index (κ1) is 17.1. The number of carbonyl (C=O) groups excluding carboxylic acids is 2. The number of ether oxygens (including phenoxy) is 1.